The molecule has 0 N–H and O–H groups in total. The van der Waals surface area contributed by atoms with Crippen LogP contribution in [0, 0.1) is 5.82 Å². The molecule has 0 fully saturated rings. The van der Waals surface area contributed by atoms with Crippen molar-refractivity contribution in [2.75, 3.05) is 0 Å². The first kappa shape index (κ1) is 11.1. The minimum atomic E-state index is -0.168. The Bertz CT molecular complexity index is 601. The van der Waals surface area contributed by atoms with Crippen molar-refractivity contribution in [2.24, 2.45) is 0 Å². The SMILES string of the molecule is C/C=C/c1nc2n(n1)C(c1ccccc1F)CC2. The van der Waals surface area contributed by atoms with Crippen LogP contribution >= 0.6 is 0 Å². The maximum Gasteiger partial charge on any atom is 0.173 e. The van der Waals surface area contributed by atoms with Gasteiger partial charge in [-0.2, -0.15) is 5.10 Å². The third-order valence-electron chi connectivity index (χ3n) is 3.23. The van der Waals surface area contributed by atoms with Crippen molar-refractivity contribution < 1.29 is 4.39 Å². The molecule has 0 bridgehead atoms. The Balaban J connectivity index is 2.02. The summed E-state index contributed by atoms with van der Waals surface area (Å²) in [7, 11) is 0. The molecule has 0 saturated carbocycles. The smallest absolute Gasteiger partial charge is 0.173 e. The zero-order chi connectivity index (χ0) is 12.5. The fraction of sp³-hybridized carbons (Fsp3) is 0.286. The van der Waals surface area contributed by atoms with Gasteiger partial charge in [0.05, 0.1) is 6.04 Å². The average molecular weight is 243 g/mol. The van der Waals surface area contributed by atoms with E-state index in [0.717, 1.165) is 18.7 Å². The Labute approximate surface area is 105 Å². The number of aryl methyl sites for hydroxylation is 1. The first-order valence-electron chi connectivity index (χ1n) is 6.12. The number of allylic oxidation sites excluding steroid dienone is 1. The Kier molecular flexibility index (Phi) is 2.70. The zero-order valence-electron chi connectivity index (χ0n) is 10.2. The van der Waals surface area contributed by atoms with E-state index in [0.29, 0.717) is 11.4 Å². The molecule has 1 aliphatic heterocycles. The summed E-state index contributed by atoms with van der Waals surface area (Å²) in [6.45, 7) is 1.93. The van der Waals surface area contributed by atoms with E-state index in [4.69, 9.17) is 0 Å². The van der Waals surface area contributed by atoms with Crippen molar-refractivity contribution in [3.8, 4) is 0 Å². The van der Waals surface area contributed by atoms with Gasteiger partial charge in [-0.15, -0.1) is 0 Å². The van der Waals surface area contributed by atoms with Crippen LogP contribution in [0.25, 0.3) is 6.08 Å². The lowest BCUT2D eigenvalue weighted by Gasteiger charge is -2.12. The molecule has 1 unspecified atom stereocenters. The zero-order valence-corrected chi connectivity index (χ0v) is 10.2. The highest BCUT2D eigenvalue weighted by molar-refractivity contribution is 5.39. The van der Waals surface area contributed by atoms with E-state index in [2.05, 4.69) is 10.1 Å². The number of benzene rings is 1. The third kappa shape index (κ3) is 1.74. The first-order chi connectivity index (χ1) is 8.79. The molecule has 0 saturated heterocycles. The fourth-order valence-corrected chi connectivity index (χ4v) is 2.43. The fourth-order valence-electron chi connectivity index (χ4n) is 2.43. The summed E-state index contributed by atoms with van der Waals surface area (Å²) in [6.07, 6.45) is 5.49. The molecule has 4 heteroatoms. The second kappa shape index (κ2) is 4.37. The minimum Gasteiger partial charge on any atom is -0.242 e. The molecule has 18 heavy (non-hydrogen) atoms. The molecular formula is C14H14FN3. The summed E-state index contributed by atoms with van der Waals surface area (Å²) >= 11 is 0. The Hall–Kier alpha value is -1.97. The monoisotopic (exact) mass is 243 g/mol. The summed E-state index contributed by atoms with van der Waals surface area (Å²) in [5.74, 6) is 1.48. The molecule has 0 amide bonds. The number of nitrogens with zero attached hydrogens (tertiary/aromatic N) is 3. The minimum absolute atomic E-state index is 0.0206. The van der Waals surface area contributed by atoms with Gasteiger partial charge in [0, 0.05) is 12.0 Å². The van der Waals surface area contributed by atoms with Crippen LogP contribution in [0.1, 0.15) is 36.6 Å². The molecule has 0 aliphatic carbocycles. The molecule has 1 aromatic heterocycles. The summed E-state index contributed by atoms with van der Waals surface area (Å²) in [5, 5.41) is 4.43. The number of rotatable bonds is 2. The standard InChI is InChI=1S/C14H14FN3/c1-2-5-13-16-14-9-8-12(18(14)17-13)10-6-3-4-7-11(10)15/h2-7,12H,8-9H2,1H3/b5-2+. The van der Waals surface area contributed by atoms with Gasteiger partial charge in [0.25, 0.3) is 0 Å². The van der Waals surface area contributed by atoms with Gasteiger partial charge >= 0.3 is 0 Å². The molecule has 0 spiro atoms. The van der Waals surface area contributed by atoms with Crippen LogP contribution in [0.5, 0.6) is 0 Å². The van der Waals surface area contributed by atoms with Crippen LogP contribution in [0.2, 0.25) is 0 Å². The first-order valence-corrected chi connectivity index (χ1v) is 6.12. The van der Waals surface area contributed by atoms with E-state index < -0.39 is 0 Å². The summed E-state index contributed by atoms with van der Waals surface area (Å²) in [6, 6.07) is 6.87. The predicted octanol–water partition coefficient (Wildman–Crippen LogP) is 2.99. The van der Waals surface area contributed by atoms with Crippen molar-refractivity contribution >= 4 is 6.08 Å². The maximum absolute atomic E-state index is 13.8. The van der Waals surface area contributed by atoms with E-state index >= 15 is 0 Å². The van der Waals surface area contributed by atoms with Gasteiger partial charge in [0.1, 0.15) is 11.6 Å². The van der Waals surface area contributed by atoms with Crippen LogP contribution in [0.15, 0.2) is 30.3 Å². The lowest BCUT2D eigenvalue weighted by Crippen LogP contribution is -2.09. The molecule has 3 nitrogen and oxygen atoms in total. The van der Waals surface area contributed by atoms with Gasteiger partial charge in [-0.3, -0.25) is 0 Å². The van der Waals surface area contributed by atoms with Crippen molar-refractivity contribution in [2.45, 2.75) is 25.8 Å². The average Bonchev–Trinajstić information content (AvgIpc) is 2.90. The Morgan fingerprint density at radius 2 is 2.22 bits per heavy atom. The van der Waals surface area contributed by atoms with Gasteiger partial charge in [-0.1, -0.05) is 24.3 Å². The van der Waals surface area contributed by atoms with Gasteiger partial charge in [0.15, 0.2) is 5.82 Å². The van der Waals surface area contributed by atoms with Crippen molar-refractivity contribution in [1.82, 2.24) is 14.8 Å². The highest BCUT2D eigenvalue weighted by atomic mass is 19.1. The van der Waals surface area contributed by atoms with Crippen LogP contribution in [-0.4, -0.2) is 14.8 Å². The Morgan fingerprint density at radius 1 is 1.39 bits per heavy atom. The maximum atomic E-state index is 13.8. The number of fused-ring (bicyclic) bond motifs is 1. The van der Waals surface area contributed by atoms with Crippen LogP contribution in [0.4, 0.5) is 4.39 Å². The van der Waals surface area contributed by atoms with Crippen LogP contribution < -0.4 is 0 Å². The van der Waals surface area contributed by atoms with Gasteiger partial charge in [0.2, 0.25) is 0 Å². The number of hydrogen-bond donors (Lipinski definition) is 0. The second-order valence-electron chi connectivity index (χ2n) is 4.41. The van der Waals surface area contributed by atoms with Crippen molar-refractivity contribution in [1.29, 1.82) is 0 Å². The van der Waals surface area contributed by atoms with E-state index in [1.165, 1.54) is 6.07 Å². The largest absolute Gasteiger partial charge is 0.242 e. The lowest BCUT2D eigenvalue weighted by molar-refractivity contribution is 0.512. The van der Waals surface area contributed by atoms with Crippen molar-refractivity contribution in [3.05, 3.63) is 53.4 Å². The third-order valence-corrected chi connectivity index (χ3v) is 3.23. The van der Waals surface area contributed by atoms with Crippen molar-refractivity contribution in [3.63, 3.8) is 0 Å². The number of aromatic nitrogens is 3. The molecule has 2 heterocycles. The normalized spacial score (nSPS) is 18.4. The molecule has 92 valence electrons. The molecule has 2 aromatic rings. The lowest BCUT2D eigenvalue weighted by atomic mass is 10.0. The topological polar surface area (TPSA) is 30.7 Å². The summed E-state index contributed by atoms with van der Waals surface area (Å²) in [4.78, 5) is 4.43. The van der Waals surface area contributed by atoms with E-state index in [-0.39, 0.29) is 11.9 Å². The highest BCUT2D eigenvalue weighted by Crippen LogP contribution is 2.31. The molecule has 1 aliphatic rings. The molecule has 0 radical (unpaired) electrons. The van der Waals surface area contributed by atoms with Crippen LogP contribution in [0.3, 0.4) is 0 Å². The Morgan fingerprint density at radius 3 is 3.00 bits per heavy atom. The summed E-state index contributed by atoms with van der Waals surface area (Å²) < 4.78 is 15.7. The van der Waals surface area contributed by atoms with Gasteiger partial charge < -0.3 is 0 Å². The molecule has 3 rings (SSSR count). The molecular weight excluding hydrogens is 229 g/mol. The quantitative estimate of drug-likeness (QED) is 0.811. The molecule has 1 atom stereocenters. The van der Waals surface area contributed by atoms with E-state index in [1.807, 2.05) is 35.9 Å². The van der Waals surface area contributed by atoms with Gasteiger partial charge in [-0.05, 0) is 25.5 Å². The predicted molar refractivity (Wildman–Crippen MR) is 67.6 cm³/mol. The molecule has 1 aromatic carbocycles. The number of hydrogen-bond acceptors (Lipinski definition) is 2. The van der Waals surface area contributed by atoms with Gasteiger partial charge in [-0.25, -0.2) is 14.1 Å². The van der Waals surface area contributed by atoms with E-state index in [9.17, 15) is 4.39 Å². The number of halogens is 1. The van der Waals surface area contributed by atoms with Crippen LogP contribution in [-0.2, 0) is 6.42 Å². The second-order valence-corrected chi connectivity index (χ2v) is 4.41. The van der Waals surface area contributed by atoms with E-state index in [1.54, 1.807) is 6.07 Å². The summed E-state index contributed by atoms with van der Waals surface area (Å²) in [5.41, 5.74) is 0.702. The highest BCUT2D eigenvalue weighted by Gasteiger charge is 2.28.